The van der Waals surface area contributed by atoms with E-state index < -0.39 is 12.1 Å². The first-order chi connectivity index (χ1) is 9.04. The Labute approximate surface area is 112 Å². The number of amides is 2. The van der Waals surface area contributed by atoms with Gasteiger partial charge in [0.1, 0.15) is 6.04 Å². The Bertz CT molecular complexity index is 422. The van der Waals surface area contributed by atoms with Gasteiger partial charge in [0.2, 0.25) is 5.91 Å². The molecule has 0 spiro atoms. The van der Waals surface area contributed by atoms with Crippen LogP contribution in [0.15, 0.2) is 24.5 Å². The number of carbonyl (C=O) groups is 2. The Morgan fingerprint density at radius 3 is 2.74 bits per heavy atom. The van der Waals surface area contributed by atoms with Crippen LogP contribution in [0.3, 0.4) is 0 Å². The molecule has 0 fully saturated rings. The first kappa shape index (κ1) is 14.9. The second-order valence-electron chi connectivity index (χ2n) is 4.39. The molecule has 0 saturated heterocycles. The Kier molecular flexibility index (Phi) is 5.78. The number of hydrogen-bond donors (Lipinski definition) is 3. The van der Waals surface area contributed by atoms with Gasteiger partial charge in [-0.2, -0.15) is 0 Å². The molecule has 0 aliphatic rings. The van der Waals surface area contributed by atoms with Crippen molar-refractivity contribution in [2.24, 2.45) is 5.92 Å². The van der Waals surface area contributed by atoms with E-state index in [1.807, 2.05) is 19.9 Å². The summed E-state index contributed by atoms with van der Waals surface area (Å²) in [6.45, 7) is 4.08. The van der Waals surface area contributed by atoms with Gasteiger partial charge in [-0.3, -0.25) is 9.78 Å². The number of aromatic nitrogens is 1. The number of carbonyl (C=O) groups excluding carboxylic acids is 1. The predicted molar refractivity (Wildman–Crippen MR) is 70.5 cm³/mol. The van der Waals surface area contributed by atoms with Gasteiger partial charge < -0.3 is 15.7 Å². The first-order valence-electron chi connectivity index (χ1n) is 6.20. The van der Waals surface area contributed by atoms with Crippen LogP contribution in [0.2, 0.25) is 0 Å². The molecule has 0 saturated carbocycles. The molecule has 0 bridgehead atoms. The summed E-state index contributed by atoms with van der Waals surface area (Å²) in [4.78, 5) is 26.6. The van der Waals surface area contributed by atoms with Gasteiger partial charge in [0.25, 0.3) is 0 Å². The molecule has 0 aliphatic heterocycles. The molecule has 3 N–H and O–H groups in total. The molecular formula is C13H19N3O3. The van der Waals surface area contributed by atoms with Crippen LogP contribution in [-0.4, -0.2) is 28.1 Å². The smallest absolute Gasteiger partial charge is 0.405 e. The van der Waals surface area contributed by atoms with Crippen LogP contribution in [-0.2, 0) is 11.3 Å². The maximum absolute atomic E-state index is 12.0. The van der Waals surface area contributed by atoms with Crippen LogP contribution in [0.4, 0.5) is 4.79 Å². The maximum atomic E-state index is 12.0. The van der Waals surface area contributed by atoms with E-state index in [0.717, 1.165) is 5.56 Å². The monoisotopic (exact) mass is 265 g/mol. The van der Waals surface area contributed by atoms with Gasteiger partial charge in [-0.05, 0) is 17.5 Å². The minimum absolute atomic E-state index is 0.0648. The second-order valence-corrected chi connectivity index (χ2v) is 4.39. The van der Waals surface area contributed by atoms with Crippen LogP contribution >= 0.6 is 0 Å². The normalized spacial score (nSPS) is 13.4. The predicted octanol–water partition coefficient (Wildman–Crippen LogP) is 1.38. The summed E-state index contributed by atoms with van der Waals surface area (Å²) in [7, 11) is 0. The zero-order valence-electron chi connectivity index (χ0n) is 11.1. The molecule has 0 aromatic carbocycles. The molecule has 1 aromatic rings. The number of rotatable bonds is 6. The fourth-order valence-electron chi connectivity index (χ4n) is 1.64. The molecule has 2 amide bonds. The Morgan fingerprint density at radius 2 is 2.21 bits per heavy atom. The van der Waals surface area contributed by atoms with Gasteiger partial charge in [0.15, 0.2) is 0 Å². The average Bonchev–Trinajstić information content (AvgIpc) is 2.42. The van der Waals surface area contributed by atoms with Gasteiger partial charge in [-0.25, -0.2) is 4.79 Å². The quantitative estimate of drug-likeness (QED) is 0.724. The van der Waals surface area contributed by atoms with Crippen molar-refractivity contribution in [2.75, 3.05) is 0 Å². The van der Waals surface area contributed by atoms with E-state index >= 15 is 0 Å². The number of hydrogen-bond acceptors (Lipinski definition) is 3. The van der Waals surface area contributed by atoms with E-state index in [1.54, 1.807) is 18.5 Å². The van der Waals surface area contributed by atoms with Gasteiger partial charge in [0.05, 0.1) is 0 Å². The van der Waals surface area contributed by atoms with Crippen LogP contribution in [0.5, 0.6) is 0 Å². The van der Waals surface area contributed by atoms with Crippen LogP contribution < -0.4 is 10.6 Å². The van der Waals surface area contributed by atoms with E-state index in [0.29, 0.717) is 13.0 Å². The highest BCUT2D eigenvalue weighted by Crippen LogP contribution is 2.08. The van der Waals surface area contributed by atoms with E-state index in [-0.39, 0.29) is 11.8 Å². The van der Waals surface area contributed by atoms with Crippen molar-refractivity contribution in [3.63, 3.8) is 0 Å². The van der Waals surface area contributed by atoms with Gasteiger partial charge in [-0.1, -0.05) is 26.3 Å². The number of nitrogens with zero attached hydrogens (tertiary/aromatic N) is 1. The molecule has 19 heavy (non-hydrogen) atoms. The Balaban J connectivity index is 2.59. The first-order valence-corrected chi connectivity index (χ1v) is 6.20. The van der Waals surface area contributed by atoms with Crippen molar-refractivity contribution in [3.05, 3.63) is 30.1 Å². The molecule has 6 heteroatoms. The van der Waals surface area contributed by atoms with Crippen molar-refractivity contribution < 1.29 is 14.7 Å². The summed E-state index contributed by atoms with van der Waals surface area (Å²) in [5.74, 6) is -0.384. The lowest BCUT2D eigenvalue weighted by molar-refractivity contribution is -0.124. The van der Waals surface area contributed by atoms with Gasteiger partial charge >= 0.3 is 6.09 Å². The SMILES string of the molecule is CC[C@H](C)[C@@H](NC(=O)O)C(=O)NCc1cccnc1. The van der Waals surface area contributed by atoms with Crippen molar-refractivity contribution in [1.82, 2.24) is 15.6 Å². The Morgan fingerprint density at radius 1 is 1.47 bits per heavy atom. The minimum atomic E-state index is -1.19. The molecule has 0 unspecified atom stereocenters. The lowest BCUT2D eigenvalue weighted by atomic mass is 9.98. The van der Waals surface area contributed by atoms with Crippen molar-refractivity contribution >= 4 is 12.0 Å². The Hall–Kier alpha value is -2.11. The highest BCUT2D eigenvalue weighted by Gasteiger charge is 2.25. The lowest BCUT2D eigenvalue weighted by Crippen LogP contribution is -2.49. The molecule has 104 valence electrons. The summed E-state index contributed by atoms with van der Waals surface area (Å²) >= 11 is 0. The fourth-order valence-corrected chi connectivity index (χ4v) is 1.64. The van der Waals surface area contributed by atoms with Crippen molar-refractivity contribution in [1.29, 1.82) is 0 Å². The molecule has 0 radical (unpaired) electrons. The topological polar surface area (TPSA) is 91.3 Å². The molecule has 6 nitrogen and oxygen atoms in total. The second kappa shape index (κ2) is 7.35. The standard InChI is InChI=1S/C13H19N3O3/c1-3-9(2)11(16-13(18)19)12(17)15-8-10-5-4-6-14-7-10/h4-7,9,11,16H,3,8H2,1-2H3,(H,15,17)(H,18,19)/t9-,11+/m0/s1. The third-order valence-electron chi connectivity index (χ3n) is 2.96. The molecular weight excluding hydrogens is 246 g/mol. The molecule has 1 aromatic heterocycles. The summed E-state index contributed by atoms with van der Waals surface area (Å²) < 4.78 is 0. The van der Waals surface area contributed by atoms with Crippen molar-refractivity contribution in [3.8, 4) is 0 Å². The van der Waals surface area contributed by atoms with E-state index in [4.69, 9.17) is 5.11 Å². The molecule has 0 aliphatic carbocycles. The largest absolute Gasteiger partial charge is 0.465 e. The van der Waals surface area contributed by atoms with E-state index in [9.17, 15) is 9.59 Å². The average molecular weight is 265 g/mol. The zero-order chi connectivity index (χ0) is 14.3. The number of nitrogens with one attached hydrogen (secondary N) is 2. The summed E-state index contributed by atoms with van der Waals surface area (Å²) in [6, 6.07) is 2.89. The third kappa shape index (κ3) is 4.95. The molecule has 2 atom stereocenters. The minimum Gasteiger partial charge on any atom is -0.465 e. The summed E-state index contributed by atoms with van der Waals surface area (Å²) in [5.41, 5.74) is 0.870. The zero-order valence-corrected chi connectivity index (χ0v) is 11.1. The number of carboxylic acid groups (broad SMARTS) is 1. The van der Waals surface area contributed by atoms with Gasteiger partial charge in [-0.15, -0.1) is 0 Å². The van der Waals surface area contributed by atoms with Crippen LogP contribution in [0.25, 0.3) is 0 Å². The van der Waals surface area contributed by atoms with Crippen LogP contribution in [0, 0.1) is 5.92 Å². The molecule has 1 heterocycles. The fraction of sp³-hybridized carbons (Fsp3) is 0.462. The highest BCUT2D eigenvalue weighted by atomic mass is 16.4. The molecule has 1 rings (SSSR count). The summed E-state index contributed by atoms with van der Waals surface area (Å²) in [5, 5.41) is 13.7. The van der Waals surface area contributed by atoms with Gasteiger partial charge in [0, 0.05) is 18.9 Å². The van der Waals surface area contributed by atoms with Crippen LogP contribution in [0.1, 0.15) is 25.8 Å². The lowest BCUT2D eigenvalue weighted by Gasteiger charge is -2.22. The van der Waals surface area contributed by atoms with E-state index in [1.165, 1.54) is 0 Å². The highest BCUT2D eigenvalue weighted by molar-refractivity contribution is 5.85. The van der Waals surface area contributed by atoms with Crippen molar-refractivity contribution in [2.45, 2.75) is 32.9 Å². The third-order valence-corrected chi connectivity index (χ3v) is 2.96. The maximum Gasteiger partial charge on any atom is 0.405 e. The number of pyridine rings is 1. The van der Waals surface area contributed by atoms with E-state index in [2.05, 4.69) is 15.6 Å². The summed E-state index contributed by atoms with van der Waals surface area (Å²) in [6.07, 6.45) is 2.83.